The Hall–Kier alpha value is -2.29. The van der Waals surface area contributed by atoms with Crippen LogP contribution in [0.1, 0.15) is 46.5 Å². The minimum absolute atomic E-state index is 0.105. The molecule has 0 aliphatic rings. The number of carbonyl (C=O) groups excluding carboxylic acids is 2. The van der Waals surface area contributed by atoms with Crippen LogP contribution in [0.5, 0.6) is 5.88 Å². The molecule has 1 atom stereocenters. The van der Waals surface area contributed by atoms with Gasteiger partial charge in [-0.05, 0) is 18.8 Å². The summed E-state index contributed by atoms with van der Waals surface area (Å²) in [5.41, 5.74) is 0.768. The molecule has 1 unspecified atom stereocenters. The van der Waals surface area contributed by atoms with Gasteiger partial charge in [0.1, 0.15) is 6.04 Å². The number of H-pyrrole nitrogens is 1. The Morgan fingerprint density at radius 3 is 2.48 bits per heavy atom. The molecule has 1 rings (SSSR count). The Morgan fingerprint density at radius 2 is 2.04 bits per heavy atom. The lowest BCUT2D eigenvalue weighted by atomic mass is 10.1. The fourth-order valence-electron chi connectivity index (χ4n) is 2.22. The van der Waals surface area contributed by atoms with Crippen molar-refractivity contribution in [3.05, 3.63) is 16.7 Å². The maximum Gasteiger partial charge on any atom is 0.347 e. The maximum atomic E-state index is 12.6. The molecule has 2 amide bonds. The zero-order chi connectivity index (χ0) is 17.6. The van der Waals surface area contributed by atoms with Gasteiger partial charge >= 0.3 is 5.69 Å². The summed E-state index contributed by atoms with van der Waals surface area (Å²) in [6.45, 7) is 5.69. The van der Waals surface area contributed by atoms with Crippen LogP contribution < -0.4 is 16.2 Å². The van der Waals surface area contributed by atoms with Crippen molar-refractivity contribution < 1.29 is 19.9 Å². The molecule has 9 nitrogen and oxygen atoms in total. The number of imidazole rings is 1. The van der Waals surface area contributed by atoms with Gasteiger partial charge in [-0.1, -0.05) is 27.2 Å². The number of aromatic amines is 1. The number of rotatable bonds is 8. The summed E-state index contributed by atoms with van der Waals surface area (Å²) >= 11 is 0. The number of hydroxylamine groups is 1. The average molecular weight is 328 g/mol. The van der Waals surface area contributed by atoms with Crippen molar-refractivity contribution in [2.45, 2.75) is 52.5 Å². The van der Waals surface area contributed by atoms with E-state index in [4.69, 9.17) is 5.21 Å². The Kier molecular flexibility index (Phi) is 6.83. The summed E-state index contributed by atoms with van der Waals surface area (Å²) in [4.78, 5) is 38.7. The van der Waals surface area contributed by atoms with Crippen molar-refractivity contribution in [1.29, 1.82) is 0 Å². The maximum absolute atomic E-state index is 12.6. The third kappa shape index (κ3) is 4.59. The van der Waals surface area contributed by atoms with Gasteiger partial charge in [-0.25, -0.2) is 15.3 Å². The van der Waals surface area contributed by atoms with E-state index in [-0.39, 0.29) is 18.8 Å². The smallest absolute Gasteiger partial charge is 0.347 e. The number of amides is 2. The van der Waals surface area contributed by atoms with Crippen LogP contribution >= 0.6 is 0 Å². The molecule has 0 saturated heterocycles. The molecular weight excluding hydrogens is 304 g/mol. The van der Waals surface area contributed by atoms with Gasteiger partial charge in [0.25, 0.3) is 5.91 Å². The van der Waals surface area contributed by atoms with Gasteiger partial charge in [-0.2, -0.15) is 4.68 Å². The van der Waals surface area contributed by atoms with E-state index in [0.29, 0.717) is 12.8 Å². The van der Waals surface area contributed by atoms with E-state index in [1.807, 2.05) is 13.8 Å². The number of aromatic nitrogens is 2. The van der Waals surface area contributed by atoms with Crippen LogP contribution in [0.15, 0.2) is 11.0 Å². The SMILES string of the molecule is CCCC(C(=O)NO)N(C(=O)CCC(C)C)n1c(O)c[nH]c1=O. The molecule has 0 aliphatic carbocycles. The summed E-state index contributed by atoms with van der Waals surface area (Å²) < 4.78 is 0.720. The van der Waals surface area contributed by atoms with Crippen LogP contribution in [0.3, 0.4) is 0 Å². The Morgan fingerprint density at radius 1 is 1.39 bits per heavy atom. The van der Waals surface area contributed by atoms with E-state index in [0.717, 1.165) is 15.9 Å². The highest BCUT2D eigenvalue weighted by molar-refractivity contribution is 5.94. The van der Waals surface area contributed by atoms with E-state index in [1.165, 1.54) is 5.48 Å². The molecule has 1 heterocycles. The highest BCUT2D eigenvalue weighted by Crippen LogP contribution is 2.15. The molecule has 0 fully saturated rings. The number of nitrogens with one attached hydrogen (secondary N) is 2. The van der Waals surface area contributed by atoms with E-state index >= 15 is 0 Å². The third-order valence-electron chi connectivity index (χ3n) is 3.41. The van der Waals surface area contributed by atoms with Gasteiger partial charge in [-0.15, -0.1) is 0 Å². The minimum atomic E-state index is -1.11. The fraction of sp³-hybridized carbons (Fsp3) is 0.643. The molecule has 130 valence electrons. The van der Waals surface area contributed by atoms with E-state index < -0.39 is 29.4 Å². The summed E-state index contributed by atoms with van der Waals surface area (Å²) in [5.74, 6) is -1.54. The van der Waals surface area contributed by atoms with Crippen molar-refractivity contribution >= 4 is 11.8 Å². The van der Waals surface area contributed by atoms with Crippen molar-refractivity contribution in [2.75, 3.05) is 5.01 Å². The van der Waals surface area contributed by atoms with Crippen molar-refractivity contribution in [1.82, 2.24) is 15.1 Å². The predicted octanol–water partition coefficient (Wildman–Crippen LogP) is 0.457. The molecular formula is C14H24N4O5. The first-order valence-corrected chi connectivity index (χ1v) is 7.59. The molecule has 0 bridgehead atoms. The highest BCUT2D eigenvalue weighted by Gasteiger charge is 2.33. The van der Waals surface area contributed by atoms with Crippen molar-refractivity contribution in [2.24, 2.45) is 5.92 Å². The summed E-state index contributed by atoms with van der Waals surface area (Å²) in [6, 6.07) is -1.11. The van der Waals surface area contributed by atoms with Gasteiger partial charge in [-0.3, -0.25) is 14.8 Å². The summed E-state index contributed by atoms with van der Waals surface area (Å²) in [7, 11) is 0. The number of hydrogen-bond donors (Lipinski definition) is 4. The van der Waals surface area contributed by atoms with Gasteiger partial charge in [0.2, 0.25) is 11.8 Å². The van der Waals surface area contributed by atoms with Crippen LogP contribution in [0.4, 0.5) is 0 Å². The zero-order valence-corrected chi connectivity index (χ0v) is 13.6. The third-order valence-corrected chi connectivity index (χ3v) is 3.41. The van der Waals surface area contributed by atoms with Crippen LogP contribution in [-0.2, 0) is 9.59 Å². The quantitative estimate of drug-likeness (QED) is 0.407. The second-order valence-electron chi connectivity index (χ2n) is 5.72. The average Bonchev–Trinajstić information content (AvgIpc) is 2.83. The lowest BCUT2D eigenvalue weighted by Crippen LogP contribution is -2.57. The Bertz CT molecular complexity index is 592. The Balaban J connectivity index is 3.26. The van der Waals surface area contributed by atoms with E-state index in [2.05, 4.69) is 4.98 Å². The van der Waals surface area contributed by atoms with Gasteiger partial charge in [0, 0.05) is 6.42 Å². The first-order chi connectivity index (χ1) is 10.8. The second-order valence-corrected chi connectivity index (χ2v) is 5.72. The van der Waals surface area contributed by atoms with Gasteiger partial charge < -0.3 is 10.1 Å². The van der Waals surface area contributed by atoms with Crippen molar-refractivity contribution in [3.8, 4) is 5.88 Å². The Labute approximate surface area is 133 Å². The number of hydrogen-bond acceptors (Lipinski definition) is 5. The molecule has 0 aromatic carbocycles. The lowest BCUT2D eigenvalue weighted by Gasteiger charge is -2.30. The van der Waals surface area contributed by atoms with E-state index in [1.54, 1.807) is 6.92 Å². The molecule has 9 heteroatoms. The van der Waals surface area contributed by atoms with Gasteiger partial charge in [0.05, 0.1) is 6.20 Å². The summed E-state index contributed by atoms with van der Waals surface area (Å²) in [6.07, 6.45) is 2.45. The van der Waals surface area contributed by atoms with Crippen LogP contribution in [0, 0.1) is 5.92 Å². The predicted molar refractivity (Wildman–Crippen MR) is 82.6 cm³/mol. The number of nitrogens with zero attached hydrogens (tertiary/aromatic N) is 2. The molecule has 0 spiro atoms. The van der Waals surface area contributed by atoms with E-state index in [9.17, 15) is 19.5 Å². The van der Waals surface area contributed by atoms with Crippen LogP contribution in [0.2, 0.25) is 0 Å². The number of carbonyl (C=O) groups is 2. The highest BCUT2D eigenvalue weighted by atomic mass is 16.5. The molecule has 0 aliphatic heterocycles. The lowest BCUT2D eigenvalue weighted by molar-refractivity contribution is -0.134. The zero-order valence-electron chi connectivity index (χ0n) is 13.6. The molecule has 1 aromatic heterocycles. The molecule has 0 saturated carbocycles. The van der Waals surface area contributed by atoms with Crippen LogP contribution in [0.25, 0.3) is 0 Å². The molecule has 23 heavy (non-hydrogen) atoms. The second kappa shape index (κ2) is 8.37. The first-order valence-electron chi connectivity index (χ1n) is 7.59. The van der Waals surface area contributed by atoms with Crippen LogP contribution in [-0.4, -0.2) is 37.8 Å². The normalized spacial score (nSPS) is 12.2. The molecule has 0 radical (unpaired) electrons. The largest absolute Gasteiger partial charge is 0.492 e. The molecule has 4 N–H and O–H groups in total. The molecule has 1 aromatic rings. The fourth-order valence-corrected chi connectivity index (χ4v) is 2.22. The van der Waals surface area contributed by atoms with Gasteiger partial charge in [0.15, 0.2) is 0 Å². The van der Waals surface area contributed by atoms with Crippen molar-refractivity contribution in [3.63, 3.8) is 0 Å². The first kappa shape index (κ1) is 18.8. The topological polar surface area (TPSA) is 128 Å². The minimum Gasteiger partial charge on any atom is -0.492 e. The summed E-state index contributed by atoms with van der Waals surface area (Å²) in [5, 5.41) is 19.7. The standard InChI is InChI=1S/C14H24N4O5/c1-4-5-10(13(21)16-23)17(11(19)7-6-9(2)3)18-12(20)8-15-14(18)22/h8-10,20,23H,4-7H2,1-3H3,(H,15,22)(H,16,21). The number of aromatic hydroxyl groups is 1. The monoisotopic (exact) mass is 328 g/mol.